The van der Waals surface area contributed by atoms with Gasteiger partial charge in [0.05, 0.1) is 24.5 Å². The Morgan fingerprint density at radius 2 is 1.17 bits per heavy atom. The number of H-pyrrole nitrogens is 1. The number of nitrogens with two attached hydrogens (primary N) is 5. The van der Waals surface area contributed by atoms with Gasteiger partial charge in [0.2, 0.25) is 88.6 Å². The van der Waals surface area contributed by atoms with Gasteiger partial charge >= 0.3 is 6.03 Å². The molecule has 1 aliphatic rings. The summed E-state index contributed by atoms with van der Waals surface area (Å²) in [6.07, 6.45) is -2.70. The highest BCUT2D eigenvalue weighted by atomic mass is 33.1. The number of amides is 17. The minimum Gasteiger partial charge on any atom is -0.492 e. The molecule has 0 saturated carbocycles. The number of carbonyl (C=O) groups is 17. The van der Waals surface area contributed by atoms with Gasteiger partial charge in [0, 0.05) is 79.3 Å². The summed E-state index contributed by atoms with van der Waals surface area (Å²) in [6.45, 7) is 17.2. The summed E-state index contributed by atoms with van der Waals surface area (Å²) in [4.78, 5) is 246. The second-order valence-electron chi connectivity index (χ2n) is 33.4. The number of aromatic nitrogens is 1. The van der Waals surface area contributed by atoms with Gasteiger partial charge < -0.3 is 118 Å². The number of aliphatic hydroxyl groups is 1. The fraction of sp³-hybridized carbons (Fsp3) is 0.523. The molecule has 17 amide bonds. The Morgan fingerprint density at radius 3 is 1.80 bits per heavy atom. The summed E-state index contributed by atoms with van der Waals surface area (Å²) < 4.78 is 2.53. The topological polar surface area (TPSA) is 634 Å². The number of unbranched alkanes of at least 4 members (excludes halogenated alkanes) is 2. The van der Waals surface area contributed by atoms with Crippen molar-refractivity contribution in [2.45, 2.75) is 254 Å². The van der Waals surface area contributed by atoms with Gasteiger partial charge in [-0.2, -0.15) is 0 Å². The molecule has 0 aliphatic carbocycles. The molecule has 5 aromatic rings. The van der Waals surface area contributed by atoms with Crippen molar-refractivity contribution in [3.8, 4) is 5.75 Å². The number of rotatable bonds is 41. The molecule has 0 spiro atoms. The zero-order chi connectivity index (χ0) is 94.4. The third-order valence-corrected chi connectivity index (χ3v) is 25.6. The van der Waals surface area contributed by atoms with Gasteiger partial charge in [-0.15, -0.1) is 0 Å². The normalized spacial score (nSPS) is 19.3. The van der Waals surface area contributed by atoms with Crippen molar-refractivity contribution in [2.24, 2.45) is 28.7 Å². The Hall–Kier alpha value is -11.9. The SMILES string of the molecule is CC(=O)NCCCC[C@H](NC(=O)[C@](C)(CCCCN)NC(=O)[C@H](Cc1ccc2ccccc2c1)NC(=O)[C@H](Cc1ccc(OCCN)cc1)NC(=O)[C@H]1NC(=O)[C@H](CCCNC(N)=O)NC(=O)[C@H](Cc2c[nH]c3c(C)cccc23)NC(=O)[C@H]([C@@H](C)O)NC(=O)[C@H](CC(N)=O)NC(=O)[C@@H](NC(C)=O)C(C)(C)SSC1(C)C)C(=O)N[C@@H](CC(N)=O)C(=O)NC(C)(C)C(C)=O. The zero-order valence-electron chi connectivity index (χ0n) is 73.7. The highest BCUT2D eigenvalue weighted by molar-refractivity contribution is 8.77. The molecule has 1 aliphatic heterocycles. The minimum atomic E-state index is -2.02. The molecule has 0 radical (unpaired) electrons. The highest BCUT2D eigenvalue weighted by Crippen LogP contribution is 2.47. The number of fused-ring (bicyclic) bond motifs is 2. The Labute approximate surface area is 744 Å². The van der Waals surface area contributed by atoms with E-state index in [0.29, 0.717) is 45.1 Å². The van der Waals surface area contributed by atoms with Crippen LogP contribution in [0.4, 0.5) is 4.79 Å². The highest BCUT2D eigenvalue weighted by Gasteiger charge is 2.47. The number of aliphatic hydroxyl groups excluding tert-OH is 1. The molecule has 694 valence electrons. The van der Waals surface area contributed by atoms with Crippen LogP contribution in [-0.2, 0) is 96.0 Å². The van der Waals surface area contributed by atoms with Gasteiger partial charge in [-0.3, -0.25) is 76.7 Å². The van der Waals surface area contributed by atoms with Crippen LogP contribution in [0.2, 0.25) is 0 Å². The number of carbonyl (C=O) groups excluding carboxylic acids is 17. The van der Waals surface area contributed by atoms with E-state index in [4.69, 9.17) is 33.4 Å². The molecule has 0 bridgehead atoms. The third kappa shape index (κ3) is 32.1. The van der Waals surface area contributed by atoms with Crippen molar-refractivity contribution >= 4 is 144 Å². The average molecular weight is 1810 g/mol. The van der Waals surface area contributed by atoms with Crippen molar-refractivity contribution in [3.05, 3.63) is 113 Å². The molecule has 2 heterocycles. The number of ether oxygens (including phenoxy) is 1. The number of Topliss-reactive ketones (excluding diaryl/α,β-unsaturated/α-hetero) is 1. The van der Waals surface area contributed by atoms with Crippen LogP contribution in [0.5, 0.6) is 5.75 Å². The fourth-order valence-electron chi connectivity index (χ4n) is 13.9. The first kappa shape index (κ1) is 104. The Kier molecular flexibility index (Phi) is 39.3. The predicted octanol–water partition coefficient (Wildman–Crippen LogP) is -0.811. The maximum atomic E-state index is 16.3. The van der Waals surface area contributed by atoms with E-state index in [0.717, 1.165) is 46.4 Å². The van der Waals surface area contributed by atoms with Gasteiger partial charge in [-0.25, -0.2) is 4.79 Å². The number of hydrogen-bond acceptors (Lipinski definition) is 23. The molecule has 0 unspecified atom stereocenters. The molecule has 6 rings (SSSR count). The maximum Gasteiger partial charge on any atom is 0.312 e. The number of nitrogens with one attached hydrogen (secondary N) is 15. The van der Waals surface area contributed by atoms with Crippen LogP contribution in [0.15, 0.2) is 91.1 Å². The summed E-state index contributed by atoms with van der Waals surface area (Å²) in [7, 11) is 1.78. The van der Waals surface area contributed by atoms with Crippen LogP contribution < -0.4 is 108 Å². The van der Waals surface area contributed by atoms with Crippen LogP contribution in [0, 0.1) is 6.92 Å². The number of benzene rings is 4. The number of urea groups is 1. The molecule has 127 heavy (non-hydrogen) atoms. The summed E-state index contributed by atoms with van der Waals surface area (Å²) in [5.74, 6) is -15.0. The maximum absolute atomic E-state index is 16.3. The van der Waals surface area contributed by atoms with E-state index in [1.54, 1.807) is 66.9 Å². The second-order valence-corrected chi connectivity index (χ2v) is 36.9. The predicted molar refractivity (Wildman–Crippen MR) is 478 cm³/mol. The molecule has 1 aromatic heterocycles. The molecule has 39 nitrogen and oxygen atoms in total. The van der Waals surface area contributed by atoms with E-state index in [1.807, 2.05) is 31.2 Å². The molecule has 26 N–H and O–H groups in total. The van der Waals surface area contributed by atoms with Crippen molar-refractivity contribution in [1.82, 2.24) is 79.4 Å². The first-order valence-corrected chi connectivity index (χ1v) is 44.0. The Bertz CT molecular complexity index is 4790. The number of ketones is 1. The number of primary amides is 3. The molecule has 1 saturated heterocycles. The number of aromatic amines is 1. The van der Waals surface area contributed by atoms with Crippen molar-refractivity contribution in [1.29, 1.82) is 0 Å². The van der Waals surface area contributed by atoms with Gasteiger partial charge in [0.25, 0.3) is 0 Å². The van der Waals surface area contributed by atoms with Crippen molar-refractivity contribution in [2.75, 3.05) is 32.8 Å². The van der Waals surface area contributed by atoms with Crippen LogP contribution in [0.1, 0.15) is 163 Å². The number of para-hydroxylation sites is 1. The lowest BCUT2D eigenvalue weighted by atomic mass is 9.91. The lowest BCUT2D eigenvalue weighted by Crippen LogP contribution is -2.65. The molecule has 1 fully saturated rings. The molecular weight excluding hydrogens is 1680 g/mol. The first-order valence-electron chi connectivity index (χ1n) is 41.9. The first-order chi connectivity index (χ1) is 59.7. The van der Waals surface area contributed by atoms with Crippen molar-refractivity contribution < 1.29 is 91.4 Å². The van der Waals surface area contributed by atoms with Crippen LogP contribution in [-0.4, -0.2) is 230 Å². The molecule has 41 heteroatoms. The van der Waals surface area contributed by atoms with Gasteiger partial charge in [0.15, 0.2) is 5.78 Å². The summed E-state index contributed by atoms with van der Waals surface area (Å²) in [5.41, 5.74) is 27.8. The quantitative estimate of drug-likeness (QED) is 0.0168. The second kappa shape index (κ2) is 48.1. The van der Waals surface area contributed by atoms with Gasteiger partial charge in [-0.1, -0.05) is 94.4 Å². The van der Waals surface area contributed by atoms with Gasteiger partial charge in [0.1, 0.15) is 78.3 Å². The van der Waals surface area contributed by atoms with E-state index < -0.39 is 201 Å². The van der Waals surface area contributed by atoms with E-state index in [-0.39, 0.29) is 96.5 Å². The van der Waals surface area contributed by atoms with Crippen molar-refractivity contribution in [3.63, 3.8) is 0 Å². The van der Waals surface area contributed by atoms with E-state index in [9.17, 15) is 57.8 Å². The fourth-order valence-corrected chi connectivity index (χ4v) is 16.7. The molecule has 4 aromatic carbocycles. The van der Waals surface area contributed by atoms with E-state index in [1.165, 1.54) is 62.3 Å². The monoisotopic (exact) mass is 1800 g/mol. The lowest BCUT2D eigenvalue weighted by molar-refractivity contribution is -0.138. The lowest BCUT2D eigenvalue weighted by Gasteiger charge is -2.39. The standard InChI is InChI=1S/C86H124N20O19S2/c1-46-21-19-24-57-55(45-94-67(46)57)42-62-74(116)96-58(26-20-37-93-82(91)124)72(114)104-70(85(10,11)127-126-84(8,9)69(95-50(5)110)79(121)101-63(43-65(89)111)75(117)103-68(47(2)107)78(120)99-62)80(122)100-60(40-51-28-31-56(32-29-51)125-38-35-88)73(115)97-61(41-52-27-30-53-22-13-14-23-54(53)39-52)77(119)106-86(12,33-16-17-34-87)81(123)102-59(25-15-18-36-92-49(4)109)71(113)98-64(44-66(90)112)76(118)105-83(6,7)48(3)108/h13-14,19,21-24,27-32,39,45,47,58-64,68-70,94,107H,15-18,20,25-26,33-38,40-44,87-88H2,1-12H3,(H2,89,111)(H2,90,112)(H,92,109)(H,95,110)(H,96,116)(H,97,115)(H,98,113)(H,99,120)(H,100,122)(H,101,121)(H,102,123)(H,103,117)(H,104,114)(H,105,118)(H,106,119)(H3,91,93,124)/t47-,58+,59+,60+,61+,62+,63+,64+,68+,69-,70-,86+/m1/s1. The third-order valence-electron chi connectivity index (χ3n) is 21.4. The largest absolute Gasteiger partial charge is 0.492 e. The van der Waals surface area contributed by atoms with Crippen LogP contribution in [0.3, 0.4) is 0 Å². The summed E-state index contributed by atoms with van der Waals surface area (Å²) in [5, 5.41) is 50.4. The number of hydrogen-bond donors (Lipinski definition) is 21. The summed E-state index contributed by atoms with van der Waals surface area (Å²) in [6, 6.07) is 5.84. The zero-order valence-corrected chi connectivity index (χ0v) is 75.4. The van der Waals surface area contributed by atoms with Crippen LogP contribution in [0.25, 0.3) is 21.7 Å². The van der Waals surface area contributed by atoms with E-state index in [2.05, 4.69) is 79.4 Å². The Morgan fingerprint density at radius 1 is 0.575 bits per heavy atom. The molecule has 12 atom stereocenters. The molecular formula is C86H124N20O19S2. The van der Waals surface area contributed by atoms with Gasteiger partial charge in [-0.05, 0) is 172 Å². The average Bonchev–Trinajstić information content (AvgIpc) is 1.79. The minimum absolute atomic E-state index is 0.0944. The Balaban J connectivity index is 1.54. The summed E-state index contributed by atoms with van der Waals surface area (Å²) >= 11 is 0. The number of aryl methyl sites for hydroxylation is 1. The van der Waals surface area contributed by atoms with E-state index >= 15 is 28.8 Å². The van der Waals surface area contributed by atoms with Crippen LogP contribution >= 0.6 is 21.6 Å². The smallest absolute Gasteiger partial charge is 0.312 e.